The average Bonchev–Trinajstić information content (AvgIpc) is 2.55. The molecule has 0 saturated carbocycles. The van der Waals surface area contributed by atoms with Crippen LogP contribution in [0.2, 0.25) is 0 Å². The van der Waals surface area contributed by atoms with Crippen LogP contribution in [0.25, 0.3) is 10.2 Å². The van der Waals surface area contributed by atoms with Gasteiger partial charge in [-0.2, -0.15) is 0 Å². The summed E-state index contributed by atoms with van der Waals surface area (Å²) in [6.45, 7) is 7.42. The first-order valence-corrected chi connectivity index (χ1v) is 6.40. The lowest BCUT2D eigenvalue weighted by molar-refractivity contribution is 0.137. The minimum atomic E-state index is -0.577. The van der Waals surface area contributed by atoms with Gasteiger partial charge in [0.15, 0.2) is 0 Å². The Morgan fingerprint density at radius 3 is 2.65 bits per heavy atom. The van der Waals surface area contributed by atoms with Crippen molar-refractivity contribution in [1.82, 2.24) is 9.55 Å². The van der Waals surface area contributed by atoms with Gasteiger partial charge in [-0.05, 0) is 33.3 Å². The van der Waals surface area contributed by atoms with E-state index >= 15 is 0 Å². The van der Waals surface area contributed by atoms with E-state index < -0.39 is 6.10 Å². The smallest absolute Gasteiger partial charge is 0.262 e. The molecule has 92 valence electrons. The molecule has 2 aromatic heterocycles. The number of aromatic nitrogens is 2. The molecule has 2 aromatic rings. The maximum Gasteiger partial charge on any atom is 0.262 e. The van der Waals surface area contributed by atoms with Gasteiger partial charge in [-0.15, -0.1) is 11.3 Å². The van der Waals surface area contributed by atoms with Gasteiger partial charge in [0.1, 0.15) is 4.83 Å². The Hall–Kier alpha value is -1.20. The number of aliphatic hydroxyl groups is 1. The molecule has 0 spiro atoms. The first kappa shape index (κ1) is 12.3. The van der Waals surface area contributed by atoms with Crippen LogP contribution in [-0.2, 0) is 0 Å². The van der Waals surface area contributed by atoms with Gasteiger partial charge in [-0.1, -0.05) is 0 Å². The molecule has 0 saturated heterocycles. The van der Waals surface area contributed by atoms with Crippen LogP contribution in [0.3, 0.4) is 0 Å². The number of fused-ring (bicyclic) bond motifs is 1. The van der Waals surface area contributed by atoms with Gasteiger partial charge < -0.3 is 5.11 Å². The van der Waals surface area contributed by atoms with Crippen LogP contribution in [0, 0.1) is 13.8 Å². The fraction of sp³-hybridized carbons (Fsp3) is 0.500. The quantitative estimate of drug-likeness (QED) is 0.889. The lowest BCUT2D eigenvalue weighted by Gasteiger charge is -2.17. The number of hydrogen-bond acceptors (Lipinski definition) is 4. The highest BCUT2D eigenvalue weighted by Crippen LogP contribution is 2.26. The number of aryl methyl sites for hydroxylation is 2. The number of aliphatic hydroxyl groups excluding tert-OH is 1. The fourth-order valence-corrected chi connectivity index (χ4v) is 2.76. The molecule has 0 bridgehead atoms. The molecule has 5 heteroatoms. The van der Waals surface area contributed by atoms with Gasteiger partial charge in [-0.3, -0.25) is 9.36 Å². The minimum Gasteiger partial charge on any atom is -0.391 e. The third-order valence-electron chi connectivity index (χ3n) is 3.25. The van der Waals surface area contributed by atoms with Crippen molar-refractivity contribution in [1.29, 1.82) is 0 Å². The van der Waals surface area contributed by atoms with Crippen LogP contribution >= 0.6 is 11.3 Å². The Bertz CT molecular complexity index is 613. The minimum absolute atomic E-state index is 0.0646. The Balaban J connectivity index is 2.73. The van der Waals surface area contributed by atoms with Crippen molar-refractivity contribution in [2.75, 3.05) is 0 Å². The zero-order valence-corrected chi connectivity index (χ0v) is 11.2. The van der Waals surface area contributed by atoms with Crippen molar-refractivity contribution >= 4 is 21.6 Å². The van der Waals surface area contributed by atoms with E-state index in [4.69, 9.17) is 0 Å². The third-order valence-corrected chi connectivity index (χ3v) is 4.37. The molecule has 4 nitrogen and oxygen atoms in total. The number of hydrogen-bond donors (Lipinski definition) is 1. The van der Waals surface area contributed by atoms with Gasteiger partial charge in [0, 0.05) is 4.88 Å². The predicted octanol–water partition coefficient (Wildman–Crippen LogP) is 2.02. The van der Waals surface area contributed by atoms with Crippen LogP contribution < -0.4 is 5.56 Å². The SMILES string of the molecule is Cc1sc2ncn(C(C)C(C)O)c(=O)c2c1C. The second-order valence-corrected chi connectivity index (χ2v) is 5.60. The summed E-state index contributed by atoms with van der Waals surface area (Å²) in [7, 11) is 0. The lowest BCUT2D eigenvalue weighted by atomic mass is 10.2. The molecule has 0 aliphatic carbocycles. The molecule has 2 atom stereocenters. The van der Waals surface area contributed by atoms with Gasteiger partial charge in [-0.25, -0.2) is 4.98 Å². The maximum atomic E-state index is 12.3. The standard InChI is InChI=1S/C12H16N2O2S/c1-6-9(4)17-11-10(6)12(16)14(5-13-11)7(2)8(3)15/h5,7-8,15H,1-4H3. The fourth-order valence-electron chi connectivity index (χ4n) is 1.77. The van der Waals surface area contributed by atoms with E-state index in [9.17, 15) is 9.90 Å². The second-order valence-electron chi connectivity index (χ2n) is 4.40. The molecule has 2 rings (SSSR count). The summed E-state index contributed by atoms with van der Waals surface area (Å²) >= 11 is 1.53. The molecule has 17 heavy (non-hydrogen) atoms. The van der Waals surface area contributed by atoms with Crippen molar-refractivity contribution in [3.8, 4) is 0 Å². The van der Waals surface area contributed by atoms with Crippen molar-refractivity contribution in [2.24, 2.45) is 0 Å². The highest BCUT2D eigenvalue weighted by atomic mass is 32.1. The topological polar surface area (TPSA) is 55.1 Å². The van der Waals surface area contributed by atoms with Crippen LogP contribution in [-0.4, -0.2) is 20.8 Å². The van der Waals surface area contributed by atoms with Crippen LogP contribution in [0.5, 0.6) is 0 Å². The summed E-state index contributed by atoms with van der Waals surface area (Å²) in [5.74, 6) is 0. The van der Waals surface area contributed by atoms with Gasteiger partial charge >= 0.3 is 0 Å². The van der Waals surface area contributed by atoms with E-state index in [1.54, 1.807) is 6.92 Å². The molecule has 1 N–H and O–H groups in total. The van der Waals surface area contributed by atoms with Crippen molar-refractivity contribution in [3.63, 3.8) is 0 Å². The summed E-state index contributed by atoms with van der Waals surface area (Å²) < 4.78 is 1.51. The highest BCUT2D eigenvalue weighted by molar-refractivity contribution is 7.18. The van der Waals surface area contributed by atoms with Crippen LogP contribution in [0.1, 0.15) is 30.3 Å². The normalized spacial score (nSPS) is 15.1. The maximum absolute atomic E-state index is 12.3. The Kier molecular flexibility index (Phi) is 3.05. The van der Waals surface area contributed by atoms with Crippen molar-refractivity contribution in [2.45, 2.75) is 39.8 Å². The zero-order valence-electron chi connectivity index (χ0n) is 10.4. The van der Waals surface area contributed by atoms with Gasteiger partial charge in [0.05, 0.1) is 23.9 Å². The number of thiophene rings is 1. The van der Waals surface area contributed by atoms with Crippen molar-refractivity contribution < 1.29 is 5.11 Å². The number of rotatable bonds is 2. The van der Waals surface area contributed by atoms with E-state index in [1.165, 1.54) is 22.2 Å². The number of nitrogens with zero attached hydrogens (tertiary/aromatic N) is 2. The zero-order chi connectivity index (χ0) is 12.7. The average molecular weight is 252 g/mol. The molecule has 0 aromatic carbocycles. The van der Waals surface area contributed by atoms with Gasteiger partial charge in [0.2, 0.25) is 0 Å². The van der Waals surface area contributed by atoms with Crippen LogP contribution in [0.15, 0.2) is 11.1 Å². The molecule has 2 heterocycles. The first-order chi connectivity index (χ1) is 7.93. The summed E-state index contributed by atoms with van der Waals surface area (Å²) in [6.07, 6.45) is 0.948. The third kappa shape index (κ3) is 1.89. The molecular weight excluding hydrogens is 236 g/mol. The second kappa shape index (κ2) is 4.23. The monoisotopic (exact) mass is 252 g/mol. The highest BCUT2D eigenvalue weighted by Gasteiger charge is 2.17. The molecule has 0 amide bonds. The molecular formula is C12H16N2O2S. The van der Waals surface area contributed by atoms with Gasteiger partial charge in [0.25, 0.3) is 5.56 Å². The Labute approximate surface area is 104 Å². The van der Waals surface area contributed by atoms with Crippen LogP contribution in [0.4, 0.5) is 0 Å². The van der Waals surface area contributed by atoms with E-state index in [-0.39, 0.29) is 11.6 Å². The Morgan fingerprint density at radius 1 is 1.41 bits per heavy atom. The van der Waals surface area contributed by atoms with E-state index in [0.717, 1.165) is 15.3 Å². The van der Waals surface area contributed by atoms with E-state index in [0.29, 0.717) is 5.39 Å². The largest absolute Gasteiger partial charge is 0.391 e. The molecule has 2 unspecified atom stereocenters. The molecule has 0 fully saturated rings. The predicted molar refractivity (Wildman–Crippen MR) is 69.7 cm³/mol. The van der Waals surface area contributed by atoms with E-state index in [2.05, 4.69) is 4.98 Å². The molecule has 0 aliphatic heterocycles. The molecule has 0 radical (unpaired) electrons. The summed E-state index contributed by atoms with van der Waals surface area (Å²) in [4.78, 5) is 18.5. The van der Waals surface area contributed by atoms with E-state index in [1.807, 2.05) is 20.8 Å². The van der Waals surface area contributed by atoms with Crippen molar-refractivity contribution in [3.05, 3.63) is 27.1 Å². The lowest BCUT2D eigenvalue weighted by Crippen LogP contribution is -2.29. The first-order valence-electron chi connectivity index (χ1n) is 5.58. The summed E-state index contributed by atoms with van der Waals surface area (Å²) in [5.41, 5.74) is 0.930. The summed E-state index contributed by atoms with van der Waals surface area (Å²) in [6, 6.07) is -0.265. The molecule has 0 aliphatic rings. The summed E-state index contributed by atoms with van der Waals surface area (Å²) in [5, 5.41) is 10.2. The Morgan fingerprint density at radius 2 is 2.06 bits per heavy atom.